The predicted octanol–water partition coefficient (Wildman–Crippen LogP) is 2.69. The van der Waals surface area contributed by atoms with Gasteiger partial charge in [0.1, 0.15) is 0 Å². The average Bonchev–Trinajstić information content (AvgIpc) is 3.00. The molecule has 0 bridgehead atoms. The van der Waals surface area contributed by atoms with Gasteiger partial charge in [0.15, 0.2) is 0 Å². The van der Waals surface area contributed by atoms with Crippen molar-refractivity contribution >= 4 is 0 Å². The largest absolute Gasteiger partial charge is 0.374 e. The van der Waals surface area contributed by atoms with Crippen LogP contribution in [0.4, 0.5) is 0 Å². The van der Waals surface area contributed by atoms with Gasteiger partial charge < -0.3 is 10.1 Å². The van der Waals surface area contributed by atoms with Gasteiger partial charge in [-0.15, -0.1) is 0 Å². The maximum Gasteiger partial charge on any atom is 0.0736 e. The van der Waals surface area contributed by atoms with Crippen molar-refractivity contribution in [2.75, 3.05) is 6.54 Å². The van der Waals surface area contributed by atoms with Crippen molar-refractivity contribution in [2.45, 2.75) is 78.2 Å². The number of nitrogens with one attached hydrogen (secondary N) is 1. The third-order valence-corrected chi connectivity index (χ3v) is 4.08. The second kappa shape index (κ2) is 7.23. The molecule has 4 nitrogen and oxygen atoms in total. The zero-order valence-electron chi connectivity index (χ0n) is 13.4. The van der Waals surface area contributed by atoms with Crippen LogP contribution in [0.5, 0.6) is 0 Å². The lowest BCUT2D eigenvalue weighted by atomic mass is 10.0. The molecular formula is C16H29N3O. The second-order valence-electron chi connectivity index (χ2n) is 5.92. The zero-order chi connectivity index (χ0) is 14.5. The molecule has 0 spiro atoms. The zero-order valence-corrected chi connectivity index (χ0v) is 13.4. The molecule has 114 valence electrons. The average molecular weight is 279 g/mol. The van der Waals surface area contributed by atoms with E-state index in [9.17, 15) is 0 Å². The molecule has 1 aromatic heterocycles. The van der Waals surface area contributed by atoms with Gasteiger partial charge in [-0.2, -0.15) is 5.10 Å². The highest BCUT2D eigenvalue weighted by Gasteiger charge is 2.30. The van der Waals surface area contributed by atoms with Crippen LogP contribution in [0.1, 0.15) is 51.4 Å². The van der Waals surface area contributed by atoms with Gasteiger partial charge in [0, 0.05) is 24.7 Å². The number of nitrogens with zero attached hydrogens (tertiary/aromatic N) is 2. The Balaban J connectivity index is 2.06. The van der Waals surface area contributed by atoms with Crippen LogP contribution in [0.15, 0.2) is 6.07 Å². The summed E-state index contributed by atoms with van der Waals surface area (Å²) < 4.78 is 8.20. The summed E-state index contributed by atoms with van der Waals surface area (Å²) in [4.78, 5) is 0. The first kappa shape index (κ1) is 15.5. The van der Waals surface area contributed by atoms with Crippen LogP contribution in [0, 0.1) is 6.92 Å². The molecule has 1 aliphatic heterocycles. The number of hydrogen-bond donors (Lipinski definition) is 1. The Morgan fingerprint density at radius 3 is 2.85 bits per heavy atom. The van der Waals surface area contributed by atoms with Crippen LogP contribution in [-0.4, -0.2) is 34.6 Å². The lowest BCUT2D eigenvalue weighted by Crippen LogP contribution is -2.42. The molecule has 0 amide bonds. The Morgan fingerprint density at radius 1 is 1.45 bits per heavy atom. The third kappa shape index (κ3) is 3.83. The fourth-order valence-electron chi connectivity index (χ4n) is 3.06. The normalized spacial score (nSPS) is 24.2. The fourth-order valence-corrected chi connectivity index (χ4v) is 3.06. The van der Waals surface area contributed by atoms with Gasteiger partial charge in [-0.3, -0.25) is 4.68 Å². The van der Waals surface area contributed by atoms with Crippen molar-refractivity contribution in [3.63, 3.8) is 0 Å². The molecule has 1 aromatic rings. The molecule has 3 atom stereocenters. The number of aryl methyl sites for hydroxylation is 2. The molecule has 1 N–H and O–H groups in total. The molecule has 4 heteroatoms. The molecule has 2 rings (SSSR count). The molecule has 2 heterocycles. The Bertz CT molecular complexity index is 416. The Hall–Kier alpha value is -0.870. The summed E-state index contributed by atoms with van der Waals surface area (Å²) in [7, 11) is 0. The number of aromatic nitrogens is 2. The van der Waals surface area contributed by atoms with Gasteiger partial charge in [0.25, 0.3) is 0 Å². The van der Waals surface area contributed by atoms with Gasteiger partial charge in [-0.05, 0) is 52.6 Å². The van der Waals surface area contributed by atoms with Crippen molar-refractivity contribution in [3.05, 3.63) is 17.5 Å². The molecule has 1 aliphatic rings. The van der Waals surface area contributed by atoms with Crippen molar-refractivity contribution in [2.24, 2.45) is 0 Å². The van der Waals surface area contributed by atoms with Crippen molar-refractivity contribution in [1.82, 2.24) is 15.1 Å². The van der Waals surface area contributed by atoms with E-state index in [1.807, 2.05) is 0 Å². The van der Waals surface area contributed by atoms with E-state index in [-0.39, 0.29) is 0 Å². The third-order valence-electron chi connectivity index (χ3n) is 4.08. The van der Waals surface area contributed by atoms with Crippen LogP contribution in [0.25, 0.3) is 0 Å². The molecule has 1 fully saturated rings. The van der Waals surface area contributed by atoms with Crippen LogP contribution in [-0.2, 0) is 17.7 Å². The molecular weight excluding hydrogens is 250 g/mol. The van der Waals surface area contributed by atoms with Gasteiger partial charge >= 0.3 is 0 Å². The minimum absolute atomic E-state index is 0.345. The smallest absolute Gasteiger partial charge is 0.0736 e. The maximum atomic E-state index is 6.08. The molecule has 1 saturated heterocycles. The van der Waals surface area contributed by atoms with E-state index in [1.54, 1.807) is 0 Å². The maximum absolute atomic E-state index is 6.08. The summed E-state index contributed by atoms with van der Waals surface area (Å²) >= 11 is 0. The quantitative estimate of drug-likeness (QED) is 0.834. The summed E-state index contributed by atoms with van der Waals surface area (Å²) in [5.41, 5.74) is 2.43. The molecule has 3 unspecified atom stereocenters. The van der Waals surface area contributed by atoms with Crippen molar-refractivity contribution in [3.8, 4) is 0 Å². The van der Waals surface area contributed by atoms with Gasteiger partial charge in [0.2, 0.25) is 0 Å². The Kier molecular flexibility index (Phi) is 5.61. The SMILES string of the molecule is CCCNC(Cc1cc(C)nn1CC)C1CCC(C)O1. The number of hydrogen-bond acceptors (Lipinski definition) is 3. The topological polar surface area (TPSA) is 39.1 Å². The second-order valence-corrected chi connectivity index (χ2v) is 5.92. The highest BCUT2D eigenvalue weighted by molar-refractivity contribution is 5.11. The van der Waals surface area contributed by atoms with Crippen LogP contribution >= 0.6 is 0 Å². The van der Waals surface area contributed by atoms with E-state index in [4.69, 9.17) is 4.74 Å². The molecule has 20 heavy (non-hydrogen) atoms. The molecule has 0 aromatic carbocycles. The number of ether oxygens (including phenoxy) is 1. The van der Waals surface area contributed by atoms with Crippen molar-refractivity contribution in [1.29, 1.82) is 0 Å². The minimum Gasteiger partial charge on any atom is -0.374 e. The van der Waals surface area contributed by atoms with E-state index in [0.717, 1.165) is 31.6 Å². The molecule has 0 radical (unpaired) electrons. The molecule has 0 saturated carbocycles. The van der Waals surface area contributed by atoms with E-state index < -0.39 is 0 Å². The van der Waals surface area contributed by atoms with E-state index in [2.05, 4.69) is 48.9 Å². The van der Waals surface area contributed by atoms with E-state index in [1.165, 1.54) is 18.5 Å². The van der Waals surface area contributed by atoms with Gasteiger partial charge in [-0.1, -0.05) is 6.92 Å². The minimum atomic E-state index is 0.345. The van der Waals surface area contributed by atoms with Crippen LogP contribution < -0.4 is 5.32 Å². The Morgan fingerprint density at radius 2 is 2.25 bits per heavy atom. The standard InChI is InChI=1S/C16H29N3O/c1-5-9-17-15(16-8-7-13(4)20-16)11-14-10-12(3)18-19(14)6-2/h10,13,15-17H,5-9,11H2,1-4H3. The summed E-state index contributed by atoms with van der Waals surface area (Å²) in [6, 6.07) is 2.61. The van der Waals surface area contributed by atoms with E-state index in [0.29, 0.717) is 18.2 Å². The van der Waals surface area contributed by atoms with Crippen LogP contribution in [0.3, 0.4) is 0 Å². The first-order valence-electron chi connectivity index (χ1n) is 8.06. The van der Waals surface area contributed by atoms with E-state index >= 15 is 0 Å². The highest BCUT2D eigenvalue weighted by Crippen LogP contribution is 2.24. The summed E-state index contributed by atoms with van der Waals surface area (Å²) in [5, 5.41) is 8.23. The first-order chi connectivity index (χ1) is 9.63. The summed E-state index contributed by atoms with van der Waals surface area (Å²) in [6.45, 7) is 10.6. The van der Waals surface area contributed by atoms with Crippen LogP contribution in [0.2, 0.25) is 0 Å². The van der Waals surface area contributed by atoms with Gasteiger partial charge in [0.05, 0.1) is 17.9 Å². The monoisotopic (exact) mass is 279 g/mol. The lowest BCUT2D eigenvalue weighted by molar-refractivity contribution is 0.0316. The van der Waals surface area contributed by atoms with Crippen molar-refractivity contribution < 1.29 is 4.74 Å². The van der Waals surface area contributed by atoms with Gasteiger partial charge in [-0.25, -0.2) is 0 Å². The Labute approximate surface area is 122 Å². The highest BCUT2D eigenvalue weighted by atomic mass is 16.5. The predicted molar refractivity (Wildman–Crippen MR) is 82.0 cm³/mol. The number of rotatable bonds is 7. The summed E-state index contributed by atoms with van der Waals surface area (Å²) in [5.74, 6) is 0. The lowest BCUT2D eigenvalue weighted by Gasteiger charge is -2.25. The fraction of sp³-hybridized carbons (Fsp3) is 0.812. The summed E-state index contributed by atoms with van der Waals surface area (Å²) in [6.07, 6.45) is 5.26. The molecule has 0 aliphatic carbocycles. The first-order valence-corrected chi connectivity index (χ1v) is 8.06.